The van der Waals surface area contributed by atoms with Crippen molar-refractivity contribution >= 4 is 44.6 Å². The summed E-state index contributed by atoms with van der Waals surface area (Å²) in [5, 5.41) is 5.72. The zero-order valence-electron chi connectivity index (χ0n) is 18.3. The number of fused-ring (bicyclic) bond motifs is 1. The molecule has 0 aliphatic carbocycles. The molecule has 7 heteroatoms. The molecule has 0 aliphatic heterocycles. The Kier molecular flexibility index (Phi) is 7.26. The molecule has 0 spiro atoms. The molecule has 4 rings (SSSR count). The van der Waals surface area contributed by atoms with E-state index in [1.54, 1.807) is 12.3 Å². The van der Waals surface area contributed by atoms with E-state index in [2.05, 4.69) is 28.0 Å². The van der Waals surface area contributed by atoms with Gasteiger partial charge in [0.2, 0.25) is 0 Å². The lowest BCUT2D eigenvalue weighted by Crippen LogP contribution is -2.23. The fourth-order valence-corrected chi connectivity index (χ4v) is 3.94. The third-order valence-corrected chi connectivity index (χ3v) is 6.32. The molecule has 0 saturated carbocycles. The monoisotopic (exact) mass is 523 g/mol. The summed E-state index contributed by atoms with van der Waals surface area (Å²) >= 11 is 9.69. The lowest BCUT2D eigenvalue weighted by molar-refractivity contribution is 0.306. The van der Waals surface area contributed by atoms with Crippen molar-refractivity contribution in [3.05, 3.63) is 104 Å². The van der Waals surface area contributed by atoms with E-state index in [1.807, 2.05) is 67.6 Å². The molecule has 0 aliphatic rings. The largest absolute Gasteiger partial charge is 0.488 e. The van der Waals surface area contributed by atoms with Gasteiger partial charge in [-0.2, -0.15) is 9.78 Å². The molecule has 1 aromatic heterocycles. The summed E-state index contributed by atoms with van der Waals surface area (Å²) in [5.74, 6) is 1.34. The molecule has 0 fully saturated rings. The number of halogens is 2. The van der Waals surface area contributed by atoms with Gasteiger partial charge in [0.1, 0.15) is 18.2 Å². The van der Waals surface area contributed by atoms with Gasteiger partial charge < -0.3 is 4.74 Å². The minimum absolute atomic E-state index is 0.0645. The Labute approximate surface area is 205 Å². The molecule has 1 heterocycles. The molecule has 3 aromatic carbocycles. The fraction of sp³-hybridized carbons (Fsp3) is 0.192. The first-order valence-corrected chi connectivity index (χ1v) is 11.9. The molecule has 0 saturated heterocycles. The van der Waals surface area contributed by atoms with Gasteiger partial charge in [-0.15, -0.1) is 0 Å². The molecule has 168 valence electrons. The van der Waals surface area contributed by atoms with Crippen molar-refractivity contribution in [1.29, 1.82) is 0 Å². The zero-order chi connectivity index (χ0) is 23.4. The van der Waals surface area contributed by atoms with E-state index >= 15 is 0 Å². The first-order chi connectivity index (χ1) is 16.0. The number of para-hydroxylation sites is 1. The van der Waals surface area contributed by atoms with Crippen LogP contribution in [0.2, 0.25) is 5.02 Å². The van der Waals surface area contributed by atoms with Gasteiger partial charge in [-0.3, -0.25) is 4.79 Å². The fourth-order valence-electron chi connectivity index (χ4n) is 3.39. The average molecular weight is 525 g/mol. The lowest BCUT2D eigenvalue weighted by atomic mass is 10.1. The van der Waals surface area contributed by atoms with Crippen LogP contribution >= 0.6 is 27.5 Å². The average Bonchev–Trinajstić information content (AvgIpc) is 2.83. The van der Waals surface area contributed by atoms with Gasteiger partial charge >= 0.3 is 0 Å². The van der Waals surface area contributed by atoms with Gasteiger partial charge in [-0.05, 0) is 42.8 Å². The van der Waals surface area contributed by atoms with Crippen LogP contribution in [0.3, 0.4) is 0 Å². The van der Waals surface area contributed by atoms with Crippen molar-refractivity contribution in [2.75, 3.05) is 0 Å². The third kappa shape index (κ3) is 5.18. The minimum atomic E-state index is -0.206. The normalized spacial score (nSPS) is 12.4. The van der Waals surface area contributed by atoms with E-state index in [0.717, 1.165) is 22.0 Å². The predicted molar refractivity (Wildman–Crippen MR) is 138 cm³/mol. The van der Waals surface area contributed by atoms with E-state index in [0.29, 0.717) is 34.1 Å². The number of hydrogen-bond donors (Lipinski definition) is 0. The number of nitrogens with zero attached hydrogens (tertiary/aromatic N) is 3. The Morgan fingerprint density at radius 1 is 1.15 bits per heavy atom. The highest BCUT2D eigenvalue weighted by atomic mass is 79.9. The Morgan fingerprint density at radius 2 is 1.91 bits per heavy atom. The summed E-state index contributed by atoms with van der Waals surface area (Å²) in [4.78, 5) is 18.1. The summed E-state index contributed by atoms with van der Waals surface area (Å²) in [6.07, 6.45) is 2.47. The molecule has 0 bridgehead atoms. The van der Waals surface area contributed by atoms with E-state index < -0.39 is 0 Å². The van der Waals surface area contributed by atoms with Gasteiger partial charge in [0, 0.05) is 26.5 Å². The summed E-state index contributed by atoms with van der Waals surface area (Å²) in [5.41, 5.74) is 2.10. The van der Waals surface area contributed by atoms with Crippen molar-refractivity contribution < 1.29 is 4.74 Å². The first-order valence-electron chi connectivity index (χ1n) is 10.7. The van der Waals surface area contributed by atoms with Crippen LogP contribution in [-0.4, -0.2) is 15.9 Å². The topological polar surface area (TPSA) is 56.5 Å². The molecule has 1 atom stereocenters. The summed E-state index contributed by atoms with van der Waals surface area (Å²) in [6, 6.07) is 20.6. The molecule has 4 aromatic rings. The number of aromatic nitrogens is 2. The Hall–Kier alpha value is -2.96. The Morgan fingerprint density at radius 3 is 2.70 bits per heavy atom. The molecule has 0 amide bonds. The number of benzene rings is 3. The minimum Gasteiger partial charge on any atom is -0.488 e. The number of hydrogen-bond acceptors (Lipinski definition) is 4. The summed E-state index contributed by atoms with van der Waals surface area (Å²) in [7, 11) is 0. The van der Waals surface area contributed by atoms with Gasteiger partial charge in [0.05, 0.1) is 17.1 Å². The van der Waals surface area contributed by atoms with Crippen LogP contribution in [0.4, 0.5) is 0 Å². The molecule has 5 nitrogen and oxygen atoms in total. The highest BCUT2D eigenvalue weighted by molar-refractivity contribution is 9.10. The SMILES string of the molecule is CC[C@H](C)c1nc2ccc(Br)cc2c(=O)n1N=Cc1ccccc1OCc1ccccc1Cl. The Balaban J connectivity index is 1.72. The van der Waals surface area contributed by atoms with Crippen molar-refractivity contribution in [2.45, 2.75) is 32.8 Å². The van der Waals surface area contributed by atoms with Crippen LogP contribution in [0.25, 0.3) is 10.9 Å². The molecule has 0 N–H and O–H groups in total. The van der Waals surface area contributed by atoms with Gasteiger partial charge in [-0.25, -0.2) is 4.98 Å². The quantitative estimate of drug-likeness (QED) is 0.250. The molecular formula is C26H23BrClN3O2. The number of ether oxygens (including phenoxy) is 1. The van der Waals surface area contributed by atoms with Crippen molar-refractivity contribution in [2.24, 2.45) is 5.10 Å². The lowest BCUT2D eigenvalue weighted by Gasteiger charge is -2.14. The van der Waals surface area contributed by atoms with Crippen LogP contribution in [0.1, 0.15) is 43.1 Å². The maximum atomic E-state index is 13.3. The summed E-state index contributed by atoms with van der Waals surface area (Å²) < 4.78 is 8.24. The van der Waals surface area contributed by atoms with Crippen LogP contribution in [0, 0.1) is 0 Å². The summed E-state index contributed by atoms with van der Waals surface area (Å²) in [6.45, 7) is 4.43. The van der Waals surface area contributed by atoms with Crippen LogP contribution < -0.4 is 10.3 Å². The maximum absolute atomic E-state index is 13.3. The van der Waals surface area contributed by atoms with Crippen molar-refractivity contribution in [3.63, 3.8) is 0 Å². The maximum Gasteiger partial charge on any atom is 0.282 e. The number of rotatable bonds is 7. The van der Waals surface area contributed by atoms with Crippen LogP contribution in [-0.2, 0) is 6.61 Å². The predicted octanol–water partition coefficient (Wildman–Crippen LogP) is 6.79. The first kappa shape index (κ1) is 23.2. The van der Waals surface area contributed by atoms with Crippen LogP contribution in [0.5, 0.6) is 5.75 Å². The molecule has 0 radical (unpaired) electrons. The highest BCUT2D eigenvalue weighted by Crippen LogP contribution is 2.23. The van der Waals surface area contributed by atoms with Gasteiger partial charge in [0.25, 0.3) is 5.56 Å². The second-order valence-corrected chi connectivity index (χ2v) is 9.04. The second kappa shape index (κ2) is 10.3. The molecule has 33 heavy (non-hydrogen) atoms. The van der Waals surface area contributed by atoms with Crippen molar-refractivity contribution in [3.8, 4) is 5.75 Å². The second-order valence-electron chi connectivity index (χ2n) is 7.72. The van der Waals surface area contributed by atoms with Crippen molar-refractivity contribution in [1.82, 2.24) is 9.66 Å². The Bertz CT molecular complexity index is 1380. The van der Waals surface area contributed by atoms with E-state index in [4.69, 9.17) is 21.3 Å². The third-order valence-electron chi connectivity index (χ3n) is 5.46. The smallest absolute Gasteiger partial charge is 0.282 e. The van der Waals surface area contributed by atoms with Gasteiger partial charge in [0.15, 0.2) is 0 Å². The van der Waals surface area contributed by atoms with Gasteiger partial charge in [-0.1, -0.05) is 71.7 Å². The highest BCUT2D eigenvalue weighted by Gasteiger charge is 2.16. The zero-order valence-corrected chi connectivity index (χ0v) is 20.7. The molecular weight excluding hydrogens is 502 g/mol. The van der Waals surface area contributed by atoms with Crippen LogP contribution in [0.15, 0.2) is 81.1 Å². The van der Waals surface area contributed by atoms with E-state index in [-0.39, 0.29) is 11.5 Å². The molecule has 0 unspecified atom stereocenters. The van der Waals surface area contributed by atoms with E-state index in [1.165, 1.54) is 4.68 Å². The standard InChI is InChI=1S/C26H23BrClN3O2/c1-3-17(2)25-30-23-13-12-20(27)14-21(23)26(32)31(25)29-15-18-8-5-7-11-24(18)33-16-19-9-4-6-10-22(19)28/h4-15,17H,3,16H2,1-2H3/t17-/m0/s1. The van der Waals surface area contributed by atoms with E-state index in [9.17, 15) is 4.79 Å².